The molecule has 2 aliphatic rings. The lowest BCUT2D eigenvalue weighted by Crippen LogP contribution is -2.53. The minimum Gasteiger partial charge on any atom is -0.338 e. The first-order chi connectivity index (χ1) is 15.2. The van der Waals surface area contributed by atoms with Crippen molar-refractivity contribution >= 4 is 34.3 Å². The van der Waals surface area contributed by atoms with Gasteiger partial charge in [-0.3, -0.25) is 9.59 Å². The van der Waals surface area contributed by atoms with Gasteiger partial charge in [0.2, 0.25) is 5.91 Å². The monoisotopic (exact) mass is 430 g/mol. The molecule has 0 aromatic heterocycles. The van der Waals surface area contributed by atoms with Gasteiger partial charge in [-0.25, -0.2) is 0 Å². The van der Waals surface area contributed by atoms with Crippen LogP contribution >= 0.6 is 11.8 Å². The molecule has 2 aliphatic heterocycles. The van der Waals surface area contributed by atoms with E-state index >= 15 is 0 Å². The molecule has 2 heterocycles. The Kier molecular flexibility index (Phi) is 5.45. The number of fused-ring (bicyclic) bond motifs is 1. The third kappa shape index (κ3) is 3.83. The van der Waals surface area contributed by atoms with Gasteiger partial charge in [0.1, 0.15) is 0 Å². The van der Waals surface area contributed by atoms with Crippen LogP contribution in [-0.4, -0.2) is 51.9 Å². The zero-order chi connectivity index (χ0) is 21.3. The molecule has 1 spiro atoms. The van der Waals surface area contributed by atoms with E-state index in [4.69, 9.17) is 0 Å². The molecule has 4 nitrogen and oxygen atoms in total. The molecule has 0 radical (unpaired) electrons. The summed E-state index contributed by atoms with van der Waals surface area (Å²) in [5, 5.41) is 2.09. The average molecular weight is 431 g/mol. The van der Waals surface area contributed by atoms with E-state index < -0.39 is 0 Å². The summed E-state index contributed by atoms with van der Waals surface area (Å²) in [6.07, 6.45) is 2.52. The highest BCUT2D eigenvalue weighted by atomic mass is 32.2. The predicted molar refractivity (Wildman–Crippen MR) is 126 cm³/mol. The fourth-order valence-electron chi connectivity index (χ4n) is 4.85. The highest BCUT2D eigenvalue weighted by Gasteiger charge is 2.48. The van der Waals surface area contributed by atoms with Crippen molar-refractivity contribution in [3.63, 3.8) is 0 Å². The summed E-state index contributed by atoms with van der Waals surface area (Å²) in [5.41, 5.74) is 2.02. The van der Waals surface area contributed by atoms with Crippen molar-refractivity contribution < 1.29 is 9.59 Å². The molecule has 3 aromatic rings. The van der Waals surface area contributed by atoms with E-state index in [0.717, 1.165) is 42.1 Å². The van der Waals surface area contributed by atoms with E-state index in [2.05, 4.69) is 17.0 Å². The second kappa shape index (κ2) is 8.39. The molecule has 0 aliphatic carbocycles. The van der Waals surface area contributed by atoms with Crippen molar-refractivity contribution in [3.05, 3.63) is 83.9 Å². The predicted octanol–water partition coefficient (Wildman–Crippen LogP) is 4.59. The Labute approximate surface area is 187 Å². The van der Waals surface area contributed by atoms with E-state index in [0.29, 0.717) is 18.8 Å². The fraction of sp³-hybridized carbons (Fsp3) is 0.308. The molecular formula is C26H26N2O2S. The third-order valence-electron chi connectivity index (χ3n) is 6.58. The molecule has 3 aromatic carbocycles. The molecule has 0 bridgehead atoms. The Morgan fingerprint density at radius 2 is 1.61 bits per heavy atom. The number of hydrogen-bond donors (Lipinski definition) is 0. The SMILES string of the molecule is O=C(c1cccc2ccccc12)N1CCC2(CC1)SCC(=O)N2CCc1ccccc1. The summed E-state index contributed by atoms with van der Waals surface area (Å²) in [6.45, 7) is 2.11. The smallest absolute Gasteiger partial charge is 0.254 e. The molecule has 158 valence electrons. The second-order valence-corrected chi connectivity index (χ2v) is 9.67. The van der Waals surface area contributed by atoms with Gasteiger partial charge in [-0.2, -0.15) is 0 Å². The van der Waals surface area contributed by atoms with Gasteiger partial charge in [0.15, 0.2) is 0 Å². The fourth-order valence-corrected chi connectivity index (χ4v) is 6.22. The number of hydrogen-bond acceptors (Lipinski definition) is 3. The number of thioether (sulfide) groups is 1. The Bertz CT molecular complexity index is 1100. The molecule has 0 saturated carbocycles. The van der Waals surface area contributed by atoms with Gasteiger partial charge in [0.05, 0.1) is 10.6 Å². The van der Waals surface area contributed by atoms with E-state index in [9.17, 15) is 9.59 Å². The number of amides is 2. The molecule has 2 fully saturated rings. The van der Waals surface area contributed by atoms with E-state index in [-0.39, 0.29) is 16.7 Å². The van der Waals surface area contributed by atoms with Crippen LogP contribution in [0.25, 0.3) is 10.8 Å². The van der Waals surface area contributed by atoms with E-state index in [1.807, 2.05) is 65.6 Å². The summed E-state index contributed by atoms with van der Waals surface area (Å²) < 4.78 is 0. The number of carbonyl (C=O) groups is 2. The number of carbonyl (C=O) groups excluding carboxylic acids is 2. The van der Waals surface area contributed by atoms with Crippen LogP contribution < -0.4 is 0 Å². The Morgan fingerprint density at radius 1 is 0.903 bits per heavy atom. The molecule has 31 heavy (non-hydrogen) atoms. The summed E-state index contributed by atoms with van der Waals surface area (Å²) >= 11 is 1.77. The average Bonchev–Trinajstić information content (AvgIpc) is 3.12. The van der Waals surface area contributed by atoms with Crippen LogP contribution in [0.1, 0.15) is 28.8 Å². The molecular weight excluding hydrogens is 404 g/mol. The maximum atomic E-state index is 13.3. The van der Waals surface area contributed by atoms with Gasteiger partial charge < -0.3 is 9.80 Å². The highest BCUT2D eigenvalue weighted by Crippen LogP contribution is 2.44. The second-order valence-electron chi connectivity index (χ2n) is 8.33. The number of piperidine rings is 1. The van der Waals surface area contributed by atoms with Crippen molar-refractivity contribution in [1.82, 2.24) is 9.80 Å². The van der Waals surface area contributed by atoms with Crippen molar-refractivity contribution in [2.45, 2.75) is 24.1 Å². The van der Waals surface area contributed by atoms with Gasteiger partial charge in [-0.05, 0) is 41.7 Å². The van der Waals surface area contributed by atoms with Crippen LogP contribution in [0.4, 0.5) is 0 Å². The van der Waals surface area contributed by atoms with Gasteiger partial charge in [0, 0.05) is 25.2 Å². The normalized spacial score (nSPS) is 18.1. The van der Waals surface area contributed by atoms with Crippen LogP contribution in [0.15, 0.2) is 72.8 Å². The third-order valence-corrected chi connectivity index (χ3v) is 8.13. The first-order valence-electron chi connectivity index (χ1n) is 10.9. The van der Waals surface area contributed by atoms with Gasteiger partial charge in [0.25, 0.3) is 5.91 Å². The summed E-state index contributed by atoms with van der Waals surface area (Å²) in [5.74, 6) is 0.873. The van der Waals surface area contributed by atoms with Crippen molar-refractivity contribution in [1.29, 1.82) is 0 Å². The lowest BCUT2D eigenvalue weighted by atomic mass is 9.98. The van der Waals surface area contributed by atoms with Gasteiger partial charge in [-0.1, -0.05) is 66.7 Å². The molecule has 5 heteroatoms. The van der Waals surface area contributed by atoms with Crippen molar-refractivity contribution in [2.75, 3.05) is 25.4 Å². The Balaban J connectivity index is 1.29. The van der Waals surface area contributed by atoms with E-state index in [1.165, 1.54) is 5.56 Å². The first kappa shape index (κ1) is 20.1. The van der Waals surface area contributed by atoms with Crippen molar-refractivity contribution in [3.8, 4) is 0 Å². The van der Waals surface area contributed by atoms with Gasteiger partial charge in [-0.15, -0.1) is 11.8 Å². The number of benzene rings is 3. The van der Waals surface area contributed by atoms with Crippen molar-refractivity contribution in [2.24, 2.45) is 0 Å². The summed E-state index contributed by atoms with van der Waals surface area (Å²) in [4.78, 5) is 29.9. The lowest BCUT2D eigenvalue weighted by Gasteiger charge is -2.44. The Morgan fingerprint density at radius 3 is 2.42 bits per heavy atom. The topological polar surface area (TPSA) is 40.6 Å². The zero-order valence-corrected chi connectivity index (χ0v) is 18.3. The minimum absolute atomic E-state index is 0.0943. The van der Waals surface area contributed by atoms with Crippen LogP contribution in [0.3, 0.4) is 0 Å². The molecule has 2 saturated heterocycles. The van der Waals surface area contributed by atoms with Crippen LogP contribution in [-0.2, 0) is 11.2 Å². The van der Waals surface area contributed by atoms with Crippen LogP contribution in [0, 0.1) is 0 Å². The Hall–Kier alpha value is -2.79. The molecule has 0 N–H and O–H groups in total. The number of nitrogens with zero attached hydrogens (tertiary/aromatic N) is 2. The van der Waals surface area contributed by atoms with E-state index in [1.54, 1.807) is 11.8 Å². The lowest BCUT2D eigenvalue weighted by molar-refractivity contribution is -0.131. The number of rotatable bonds is 4. The maximum absolute atomic E-state index is 13.3. The standard InChI is InChI=1S/C26H26N2O2S/c29-24-19-31-26(28(24)16-13-20-7-2-1-3-8-20)14-17-27(18-15-26)25(30)23-12-6-10-21-9-4-5-11-22(21)23/h1-12H,13-19H2. The largest absolute Gasteiger partial charge is 0.338 e. The number of likely N-dealkylation sites (tertiary alicyclic amines) is 1. The van der Waals surface area contributed by atoms with Crippen LogP contribution in [0.5, 0.6) is 0 Å². The quantitative estimate of drug-likeness (QED) is 0.608. The molecule has 0 atom stereocenters. The van der Waals surface area contributed by atoms with Gasteiger partial charge >= 0.3 is 0 Å². The highest BCUT2D eigenvalue weighted by molar-refractivity contribution is 8.01. The summed E-state index contributed by atoms with van der Waals surface area (Å²) in [7, 11) is 0. The first-order valence-corrected chi connectivity index (χ1v) is 11.9. The maximum Gasteiger partial charge on any atom is 0.254 e. The minimum atomic E-state index is -0.165. The van der Waals surface area contributed by atoms with Crippen LogP contribution in [0.2, 0.25) is 0 Å². The molecule has 0 unspecified atom stereocenters. The molecule has 5 rings (SSSR count). The summed E-state index contributed by atoms with van der Waals surface area (Å²) in [6, 6.07) is 24.3. The zero-order valence-electron chi connectivity index (χ0n) is 17.5. The molecule has 2 amide bonds.